The van der Waals surface area contributed by atoms with Gasteiger partial charge in [-0.2, -0.15) is 0 Å². The van der Waals surface area contributed by atoms with E-state index >= 15 is 0 Å². The van der Waals surface area contributed by atoms with Gasteiger partial charge in [-0.3, -0.25) is 10.1 Å². The second kappa shape index (κ2) is 6.63. The van der Waals surface area contributed by atoms with Crippen LogP contribution >= 0.6 is 0 Å². The molecule has 140 valence electrons. The molecule has 1 aromatic carbocycles. The van der Waals surface area contributed by atoms with Crippen molar-refractivity contribution < 1.29 is 24.4 Å². The van der Waals surface area contributed by atoms with Crippen LogP contribution in [0.5, 0.6) is 0 Å². The third kappa shape index (κ3) is 3.82. The number of H-pyrrole nitrogens is 1. The molecule has 0 radical (unpaired) electrons. The second-order valence-electron chi connectivity index (χ2n) is 7.07. The number of carbonyl (C=O) groups excluding carboxylic acids is 2. The number of hydrogen-bond donors (Lipinski definition) is 6. The minimum absolute atomic E-state index is 0.0735. The highest BCUT2D eigenvalue weighted by atomic mass is 16.5. The molecular weight excluding hydrogens is 339 g/mol. The third-order valence-electron chi connectivity index (χ3n) is 4.48. The average Bonchev–Trinajstić information content (AvgIpc) is 2.81. The van der Waals surface area contributed by atoms with Crippen molar-refractivity contribution in [3.8, 4) is 0 Å². The molecule has 9 nitrogen and oxygen atoms in total. The van der Waals surface area contributed by atoms with E-state index in [2.05, 4.69) is 10.3 Å². The Morgan fingerprint density at radius 3 is 2.35 bits per heavy atom. The molecule has 0 saturated carbocycles. The van der Waals surface area contributed by atoms with E-state index in [0.717, 1.165) is 0 Å². The number of hydrogen-bond acceptors (Lipinski definition) is 5. The Morgan fingerprint density at radius 1 is 1.23 bits per heavy atom. The zero-order valence-corrected chi connectivity index (χ0v) is 15.1. The summed E-state index contributed by atoms with van der Waals surface area (Å²) >= 11 is 0. The SMILES string of the molecule is CC(C)(O)C(C)(C)OB(O)c1ccc2c(C(N)=O)c(NC(N)=O)[nH]c2c1. The quantitative estimate of drug-likeness (QED) is 0.398. The zero-order chi connectivity index (χ0) is 19.9. The van der Waals surface area contributed by atoms with Crippen LogP contribution in [0.4, 0.5) is 10.6 Å². The van der Waals surface area contributed by atoms with Gasteiger partial charge in [0.2, 0.25) is 0 Å². The molecule has 0 aliphatic carbocycles. The predicted molar refractivity (Wildman–Crippen MR) is 99.1 cm³/mol. The number of benzene rings is 1. The lowest BCUT2D eigenvalue weighted by Crippen LogP contribution is -2.53. The van der Waals surface area contributed by atoms with Gasteiger partial charge in [-0.05, 0) is 39.2 Å². The molecular formula is C16H23BN4O5. The third-order valence-corrected chi connectivity index (χ3v) is 4.48. The maximum Gasteiger partial charge on any atom is 0.491 e. The summed E-state index contributed by atoms with van der Waals surface area (Å²) in [5.74, 6) is -0.669. The van der Waals surface area contributed by atoms with E-state index < -0.39 is 30.3 Å². The van der Waals surface area contributed by atoms with Crippen molar-refractivity contribution in [1.29, 1.82) is 0 Å². The number of aliphatic hydroxyl groups is 1. The number of anilines is 1. The number of amides is 3. The summed E-state index contributed by atoms with van der Waals surface area (Å²) in [6.07, 6.45) is 0. The molecule has 3 amide bonds. The molecule has 1 aromatic heterocycles. The molecule has 0 aliphatic heterocycles. The summed E-state index contributed by atoms with van der Waals surface area (Å²) < 4.78 is 5.60. The van der Waals surface area contributed by atoms with Gasteiger partial charge in [0.15, 0.2) is 0 Å². The first-order valence-corrected chi connectivity index (χ1v) is 7.93. The number of rotatable bonds is 6. The van der Waals surface area contributed by atoms with Crippen molar-refractivity contribution in [3.63, 3.8) is 0 Å². The molecule has 1 heterocycles. The van der Waals surface area contributed by atoms with Crippen LogP contribution in [0.15, 0.2) is 18.2 Å². The van der Waals surface area contributed by atoms with Crippen LogP contribution in [0.25, 0.3) is 10.9 Å². The van der Waals surface area contributed by atoms with Crippen molar-refractivity contribution in [2.45, 2.75) is 38.9 Å². The lowest BCUT2D eigenvalue weighted by Gasteiger charge is -2.38. The van der Waals surface area contributed by atoms with Gasteiger partial charge in [-0.1, -0.05) is 12.1 Å². The maximum atomic E-state index is 11.7. The molecule has 2 rings (SSSR count). The smallest absolute Gasteiger partial charge is 0.423 e. The Labute approximate surface area is 150 Å². The Morgan fingerprint density at radius 2 is 1.85 bits per heavy atom. The molecule has 0 unspecified atom stereocenters. The van der Waals surface area contributed by atoms with Crippen LogP contribution < -0.4 is 22.2 Å². The lowest BCUT2D eigenvalue weighted by atomic mass is 9.76. The molecule has 26 heavy (non-hydrogen) atoms. The van der Waals surface area contributed by atoms with Crippen LogP contribution in [0.1, 0.15) is 38.1 Å². The summed E-state index contributed by atoms with van der Waals surface area (Å²) in [4.78, 5) is 25.6. The first-order chi connectivity index (χ1) is 11.8. The van der Waals surface area contributed by atoms with Gasteiger partial charge in [0, 0.05) is 10.9 Å². The molecule has 0 aliphatic rings. The fraction of sp³-hybridized carbons (Fsp3) is 0.375. The highest BCUT2D eigenvalue weighted by Crippen LogP contribution is 2.27. The number of primary amides is 2. The number of urea groups is 1. The van der Waals surface area contributed by atoms with Crippen LogP contribution in [-0.2, 0) is 4.65 Å². The summed E-state index contributed by atoms with van der Waals surface area (Å²) in [7, 11) is -1.33. The van der Waals surface area contributed by atoms with Crippen molar-refractivity contribution >= 4 is 41.2 Å². The van der Waals surface area contributed by atoms with Crippen LogP contribution in [0, 0.1) is 0 Å². The first-order valence-electron chi connectivity index (χ1n) is 7.93. The Balaban J connectivity index is 2.43. The van der Waals surface area contributed by atoms with Crippen molar-refractivity contribution in [1.82, 2.24) is 4.98 Å². The zero-order valence-electron chi connectivity index (χ0n) is 15.1. The van der Waals surface area contributed by atoms with Crippen LogP contribution in [-0.4, -0.2) is 45.4 Å². The van der Waals surface area contributed by atoms with E-state index in [9.17, 15) is 19.7 Å². The molecule has 0 fully saturated rings. The highest BCUT2D eigenvalue weighted by molar-refractivity contribution is 6.60. The van der Waals surface area contributed by atoms with E-state index in [1.165, 1.54) is 0 Å². The predicted octanol–water partition coefficient (Wildman–Crippen LogP) is 0.0110. The Kier molecular flexibility index (Phi) is 5.04. The van der Waals surface area contributed by atoms with Gasteiger partial charge in [0.1, 0.15) is 5.82 Å². The number of aromatic amines is 1. The van der Waals surface area contributed by atoms with Gasteiger partial charge in [-0.15, -0.1) is 0 Å². The normalized spacial score (nSPS) is 12.2. The van der Waals surface area contributed by atoms with Gasteiger partial charge < -0.3 is 31.2 Å². The Hall–Kier alpha value is -2.56. The first kappa shape index (κ1) is 19.8. The maximum absolute atomic E-state index is 11.7. The molecule has 0 atom stereocenters. The monoisotopic (exact) mass is 362 g/mol. The summed E-state index contributed by atoms with van der Waals surface area (Å²) in [5, 5.41) is 23.3. The average molecular weight is 362 g/mol. The number of nitrogens with one attached hydrogen (secondary N) is 2. The van der Waals surface area contributed by atoms with Gasteiger partial charge in [0.25, 0.3) is 5.91 Å². The molecule has 2 aromatic rings. The van der Waals surface area contributed by atoms with Crippen LogP contribution in [0.2, 0.25) is 0 Å². The fourth-order valence-corrected chi connectivity index (χ4v) is 2.33. The molecule has 10 heteroatoms. The number of carbonyl (C=O) groups is 2. The molecule has 0 bridgehead atoms. The second-order valence-corrected chi connectivity index (χ2v) is 7.07. The molecule has 8 N–H and O–H groups in total. The van der Waals surface area contributed by atoms with Gasteiger partial charge in [-0.25, -0.2) is 4.79 Å². The summed E-state index contributed by atoms with van der Waals surface area (Å²) in [6, 6.07) is 3.83. The van der Waals surface area contributed by atoms with E-state index in [1.54, 1.807) is 45.9 Å². The van der Waals surface area contributed by atoms with Gasteiger partial charge >= 0.3 is 13.1 Å². The fourth-order valence-electron chi connectivity index (χ4n) is 2.33. The van der Waals surface area contributed by atoms with Crippen molar-refractivity contribution in [2.24, 2.45) is 11.5 Å². The summed E-state index contributed by atoms with van der Waals surface area (Å²) in [6.45, 7) is 6.47. The van der Waals surface area contributed by atoms with E-state index in [0.29, 0.717) is 16.4 Å². The standard InChI is InChI=1S/C16H23BN4O5/c1-15(2,24)16(3,4)26-17(25)8-5-6-9-10(7-8)20-13(21-14(19)23)11(9)12(18)22/h5-7,20,24-25H,1-4H3,(H2,18,22)(H3,19,21,23). The Bertz CT molecular complexity index is 856. The minimum Gasteiger partial charge on any atom is -0.423 e. The highest BCUT2D eigenvalue weighted by Gasteiger charge is 2.39. The molecule has 0 saturated heterocycles. The van der Waals surface area contributed by atoms with Crippen molar-refractivity contribution in [3.05, 3.63) is 23.8 Å². The number of nitrogens with two attached hydrogens (primary N) is 2. The van der Waals surface area contributed by atoms with Crippen LogP contribution in [0.3, 0.4) is 0 Å². The van der Waals surface area contributed by atoms with Crippen molar-refractivity contribution in [2.75, 3.05) is 5.32 Å². The van der Waals surface area contributed by atoms with E-state index in [-0.39, 0.29) is 11.4 Å². The largest absolute Gasteiger partial charge is 0.491 e. The topological polar surface area (TPSA) is 164 Å². The minimum atomic E-state index is -1.33. The lowest BCUT2D eigenvalue weighted by molar-refractivity contribution is -0.0982. The van der Waals surface area contributed by atoms with E-state index in [4.69, 9.17) is 16.1 Å². The van der Waals surface area contributed by atoms with E-state index in [1.807, 2.05) is 0 Å². The van der Waals surface area contributed by atoms with Gasteiger partial charge in [0.05, 0.1) is 16.8 Å². The number of aromatic nitrogens is 1. The number of fused-ring (bicyclic) bond motifs is 1. The molecule has 0 spiro atoms. The summed E-state index contributed by atoms with van der Waals surface area (Å²) in [5.41, 5.74) is 9.16.